The van der Waals surface area contributed by atoms with Crippen LogP contribution in [0.2, 0.25) is 0 Å². The van der Waals surface area contributed by atoms with E-state index in [9.17, 15) is 8.78 Å². The molecule has 1 heterocycles. The third-order valence-corrected chi connectivity index (χ3v) is 2.35. The normalized spacial score (nSPS) is 10.2. The monoisotopic (exact) mass is 323 g/mol. The van der Waals surface area contributed by atoms with Gasteiger partial charge in [0.2, 0.25) is 0 Å². The Morgan fingerprint density at radius 3 is 2.67 bits per heavy atom. The van der Waals surface area contributed by atoms with Gasteiger partial charge in [-0.3, -0.25) is 0 Å². The van der Waals surface area contributed by atoms with E-state index < -0.39 is 11.8 Å². The Hall–Kier alpha value is -1.05. The predicted octanol–water partition coefficient (Wildman–Crippen LogP) is 3.05. The lowest BCUT2D eigenvalue weighted by Gasteiger charge is -2.09. The van der Waals surface area contributed by atoms with Crippen LogP contribution in [-0.4, -0.2) is 32.1 Å². The Morgan fingerprint density at radius 1 is 1.33 bits per heavy atom. The summed E-state index contributed by atoms with van der Waals surface area (Å²) in [6.07, 6.45) is -0.636. The van der Waals surface area contributed by atoms with Crippen LogP contribution in [0.4, 0.5) is 8.78 Å². The van der Waals surface area contributed by atoms with E-state index in [4.69, 9.17) is 14.2 Å². The summed E-state index contributed by atoms with van der Waals surface area (Å²) < 4.78 is 40.5. The molecule has 1 aromatic rings. The summed E-state index contributed by atoms with van der Waals surface area (Å²) in [4.78, 5) is 3.85. The largest absolute Gasteiger partial charge is 0.461 e. The summed E-state index contributed by atoms with van der Waals surface area (Å²) in [5, 5.41) is 0. The van der Waals surface area contributed by atoms with Crippen LogP contribution in [0, 0.1) is 0 Å². The van der Waals surface area contributed by atoms with Gasteiger partial charge in [-0.2, -0.15) is 8.78 Å². The van der Waals surface area contributed by atoms with Gasteiger partial charge in [-0.15, -0.1) is 0 Å². The Balaban J connectivity index is 2.57. The highest BCUT2D eigenvalue weighted by Gasteiger charge is 2.11. The van der Waals surface area contributed by atoms with Crippen molar-refractivity contribution in [1.29, 1.82) is 0 Å². The fourth-order valence-electron chi connectivity index (χ4n) is 1.06. The quantitative estimate of drug-likeness (QED) is 0.335. The number of ether oxygens (including phenoxy) is 3. The fourth-order valence-corrected chi connectivity index (χ4v) is 1.29. The van der Waals surface area contributed by atoms with Crippen LogP contribution in [0.25, 0.3) is 5.76 Å². The van der Waals surface area contributed by atoms with E-state index >= 15 is 0 Å². The van der Waals surface area contributed by atoms with Gasteiger partial charge in [0.1, 0.15) is 4.60 Å². The van der Waals surface area contributed by atoms with E-state index in [1.165, 1.54) is 19.4 Å². The Bertz CT molecular complexity index is 394. The topological polar surface area (TPSA) is 40.6 Å². The third kappa shape index (κ3) is 5.07. The Morgan fingerprint density at radius 2 is 2.11 bits per heavy atom. The van der Waals surface area contributed by atoms with Crippen LogP contribution >= 0.6 is 15.9 Å². The molecule has 7 heteroatoms. The van der Waals surface area contributed by atoms with E-state index in [0.29, 0.717) is 11.2 Å². The molecule has 1 rings (SSSR count). The van der Waals surface area contributed by atoms with Gasteiger partial charge in [0, 0.05) is 18.9 Å². The molecule has 1 aromatic heterocycles. The second-order valence-electron chi connectivity index (χ2n) is 3.12. The summed E-state index contributed by atoms with van der Waals surface area (Å²) in [6, 6.07) is 3.02. The van der Waals surface area contributed by atoms with E-state index in [-0.39, 0.29) is 19.0 Å². The number of halogens is 3. The zero-order chi connectivity index (χ0) is 13.4. The predicted molar refractivity (Wildman–Crippen MR) is 64.9 cm³/mol. The molecular weight excluding hydrogens is 312 g/mol. The minimum Gasteiger partial charge on any atom is -0.461 e. The number of pyridine rings is 1. The average Bonchev–Trinajstić information content (AvgIpc) is 2.35. The number of rotatable bonds is 7. The van der Waals surface area contributed by atoms with Crippen molar-refractivity contribution in [3.63, 3.8) is 0 Å². The zero-order valence-corrected chi connectivity index (χ0v) is 11.2. The van der Waals surface area contributed by atoms with Crippen molar-refractivity contribution in [3.8, 4) is 0 Å². The molecular formula is C11H12BrF2NO3. The van der Waals surface area contributed by atoms with Gasteiger partial charge in [-0.25, -0.2) is 4.98 Å². The molecule has 0 amide bonds. The van der Waals surface area contributed by atoms with Gasteiger partial charge >= 0.3 is 6.08 Å². The van der Waals surface area contributed by atoms with Gasteiger partial charge in [-0.1, -0.05) is 0 Å². The molecule has 18 heavy (non-hydrogen) atoms. The highest BCUT2D eigenvalue weighted by atomic mass is 79.9. The first-order valence-corrected chi connectivity index (χ1v) is 5.81. The van der Waals surface area contributed by atoms with E-state index in [0.717, 1.165) is 0 Å². The molecule has 0 bridgehead atoms. The molecule has 0 aliphatic heterocycles. The highest BCUT2D eigenvalue weighted by Crippen LogP contribution is 2.22. The number of aromatic nitrogens is 1. The van der Waals surface area contributed by atoms with Crippen LogP contribution in [0.15, 0.2) is 29.0 Å². The first-order chi connectivity index (χ1) is 8.65. The lowest BCUT2D eigenvalue weighted by molar-refractivity contribution is -0.0237. The van der Waals surface area contributed by atoms with Crippen molar-refractivity contribution < 1.29 is 23.0 Å². The molecule has 0 fully saturated rings. The average molecular weight is 324 g/mol. The molecule has 0 aliphatic carbocycles. The number of hydrogen-bond donors (Lipinski definition) is 0. The molecule has 0 N–H and O–H groups in total. The van der Waals surface area contributed by atoms with E-state index in [1.807, 2.05) is 0 Å². The van der Waals surface area contributed by atoms with Gasteiger partial charge < -0.3 is 14.2 Å². The third-order valence-electron chi connectivity index (χ3n) is 1.88. The zero-order valence-electron chi connectivity index (χ0n) is 9.66. The van der Waals surface area contributed by atoms with Gasteiger partial charge in [0.25, 0.3) is 0 Å². The van der Waals surface area contributed by atoms with Crippen molar-refractivity contribution in [2.75, 3.05) is 27.1 Å². The molecule has 0 radical (unpaired) electrons. The van der Waals surface area contributed by atoms with Crippen molar-refractivity contribution in [2.45, 2.75) is 0 Å². The fraction of sp³-hybridized carbons (Fsp3) is 0.364. The van der Waals surface area contributed by atoms with Crippen LogP contribution in [0.5, 0.6) is 0 Å². The number of nitrogens with zero attached hydrogens (tertiary/aromatic N) is 1. The summed E-state index contributed by atoms with van der Waals surface area (Å²) in [5.74, 6) is -0.535. The number of hydrogen-bond acceptors (Lipinski definition) is 4. The molecule has 0 saturated heterocycles. The summed E-state index contributed by atoms with van der Waals surface area (Å²) in [5.41, 5.74) is 0.188. The van der Waals surface area contributed by atoms with E-state index in [2.05, 4.69) is 20.9 Å². The smallest absolute Gasteiger partial charge is 0.312 e. The van der Waals surface area contributed by atoms with Crippen molar-refractivity contribution in [3.05, 3.63) is 34.6 Å². The first kappa shape index (κ1) is 15.0. The van der Waals surface area contributed by atoms with E-state index in [1.54, 1.807) is 6.07 Å². The molecule has 0 aromatic carbocycles. The number of methoxy groups -OCH3 is 1. The lowest BCUT2D eigenvalue weighted by Crippen LogP contribution is -2.06. The molecule has 0 atom stereocenters. The minimum atomic E-state index is -1.92. The SMILES string of the molecule is COCCOCOC(=C(F)F)c1ccc(Br)nc1. The molecule has 0 saturated carbocycles. The van der Waals surface area contributed by atoms with Gasteiger partial charge in [0.15, 0.2) is 12.6 Å². The Kier molecular flexibility index (Phi) is 6.77. The molecule has 0 spiro atoms. The summed E-state index contributed by atoms with van der Waals surface area (Å²) in [6.45, 7) is 0.378. The summed E-state index contributed by atoms with van der Waals surface area (Å²) >= 11 is 3.12. The standard InChI is InChI=1S/C11H12BrF2NO3/c1-16-4-5-17-7-18-10(11(13)14)8-2-3-9(12)15-6-8/h2-3,6H,4-5,7H2,1H3. The van der Waals surface area contributed by atoms with Crippen molar-refractivity contribution in [1.82, 2.24) is 4.98 Å². The van der Waals surface area contributed by atoms with Crippen LogP contribution in [-0.2, 0) is 14.2 Å². The van der Waals surface area contributed by atoms with Gasteiger partial charge in [-0.05, 0) is 28.1 Å². The van der Waals surface area contributed by atoms with Crippen molar-refractivity contribution in [2.24, 2.45) is 0 Å². The van der Waals surface area contributed by atoms with Crippen molar-refractivity contribution >= 4 is 21.7 Å². The van der Waals surface area contributed by atoms with Crippen LogP contribution in [0.3, 0.4) is 0 Å². The maximum atomic E-state index is 12.7. The summed E-state index contributed by atoms with van der Waals surface area (Å²) in [7, 11) is 1.52. The van der Waals surface area contributed by atoms with Gasteiger partial charge in [0.05, 0.1) is 13.2 Å². The molecule has 0 unspecified atom stereocenters. The molecule has 4 nitrogen and oxygen atoms in total. The second-order valence-corrected chi connectivity index (χ2v) is 3.93. The maximum Gasteiger partial charge on any atom is 0.312 e. The first-order valence-electron chi connectivity index (χ1n) is 5.02. The maximum absolute atomic E-state index is 12.7. The highest BCUT2D eigenvalue weighted by molar-refractivity contribution is 9.10. The van der Waals surface area contributed by atoms with Crippen LogP contribution < -0.4 is 0 Å². The molecule has 100 valence electrons. The minimum absolute atomic E-state index is 0.188. The lowest BCUT2D eigenvalue weighted by atomic mass is 10.2. The molecule has 0 aliphatic rings. The second kappa shape index (κ2) is 8.12. The Labute approximate surface area is 112 Å². The van der Waals surface area contributed by atoms with Crippen LogP contribution in [0.1, 0.15) is 5.56 Å².